The molecule has 4 amide bonds. The second-order valence-electron chi connectivity index (χ2n) is 10.9. The van der Waals surface area contributed by atoms with E-state index in [0.717, 1.165) is 0 Å². The van der Waals surface area contributed by atoms with Gasteiger partial charge in [-0.2, -0.15) is 0 Å². The van der Waals surface area contributed by atoms with Gasteiger partial charge in [-0.25, -0.2) is 4.79 Å². The largest absolute Gasteiger partial charge is 0.480 e. The van der Waals surface area contributed by atoms with Crippen LogP contribution >= 0.6 is 0 Å². The van der Waals surface area contributed by atoms with Crippen LogP contribution in [0.3, 0.4) is 0 Å². The van der Waals surface area contributed by atoms with Gasteiger partial charge < -0.3 is 43.6 Å². The van der Waals surface area contributed by atoms with E-state index in [1.165, 1.54) is 0 Å². The SMILES string of the molecule is CC[C@H](C)[C@H](NC(=O)[C@H](CCN)NC(=O)[C@H](CC(C)C)NC(=O)[C@@H](CC(C)C)NC(=O)[C@@H](N)CCN)C(=O)O. The van der Waals surface area contributed by atoms with E-state index < -0.39 is 59.8 Å². The summed E-state index contributed by atoms with van der Waals surface area (Å²) in [6.45, 7) is 11.3. The Morgan fingerprint density at radius 3 is 1.46 bits per heavy atom. The Morgan fingerprint density at radius 2 is 1.08 bits per heavy atom. The number of aliphatic carboxylic acids is 1. The monoisotopic (exact) mass is 557 g/mol. The van der Waals surface area contributed by atoms with Gasteiger partial charge in [0.2, 0.25) is 23.6 Å². The van der Waals surface area contributed by atoms with Crippen molar-refractivity contribution in [1.82, 2.24) is 21.3 Å². The van der Waals surface area contributed by atoms with Crippen LogP contribution in [0.2, 0.25) is 0 Å². The molecule has 0 aromatic heterocycles. The normalized spacial score (nSPS) is 16.0. The van der Waals surface area contributed by atoms with E-state index in [0.29, 0.717) is 12.8 Å². The van der Waals surface area contributed by atoms with Crippen molar-refractivity contribution in [3.63, 3.8) is 0 Å². The van der Waals surface area contributed by atoms with Crippen molar-refractivity contribution < 1.29 is 29.1 Å². The van der Waals surface area contributed by atoms with Crippen LogP contribution in [0.4, 0.5) is 0 Å². The standard InChI is InChI=1S/C26H51N7O6/c1-7-16(6)21(26(38)39)33-23(35)18(9-11-28)30-24(36)20(13-15(4)5)32-25(37)19(12-14(2)3)31-22(34)17(29)8-10-27/h14-21H,7-13,27-29H2,1-6H3,(H,30,36)(H,31,34)(H,32,37)(H,33,35)(H,38,39)/t16-,17-,18-,19+,20-,21-/m0/s1. The Morgan fingerprint density at radius 1 is 0.667 bits per heavy atom. The van der Waals surface area contributed by atoms with E-state index in [1.807, 2.05) is 34.6 Å². The zero-order valence-electron chi connectivity index (χ0n) is 24.3. The van der Waals surface area contributed by atoms with Crippen molar-refractivity contribution in [2.45, 2.75) is 104 Å². The highest BCUT2D eigenvalue weighted by molar-refractivity contribution is 5.95. The molecule has 13 nitrogen and oxygen atoms in total. The molecule has 0 unspecified atom stereocenters. The molecule has 39 heavy (non-hydrogen) atoms. The molecule has 6 atom stereocenters. The maximum Gasteiger partial charge on any atom is 0.326 e. The lowest BCUT2D eigenvalue weighted by molar-refractivity contribution is -0.144. The molecule has 11 N–H and O–H groups in total. The van der Waals surface area contributed by atoms with Crippen molar-refractivity contribution in [3.05, 3.63) is 0 Å². The second-order valence-corrected chi connectivity index (χ2v) is 10.9. The summed E-state index contributed by atoms with van der Waals surface area (Å²) in [5.41, 5.74) is 17.0. The van der Waals surface area contributed by atoms with Crippen LogP contribution in [-0.4, -0.2) is 78.0 Å². The van der Waals surface area contributed by atoms with Crippen molar-refractivity contribution in [1.29, 1.82) is 0 Å². The summed E-state index contributed by atoms with van der Waals surface area (Å²) >= 11 is 0. The molecule has 0 aliphatic rings. The van der Waals surface area contributed by atoms with Gasteiger partial charge in [0.1, 0.15) is 24.2 Å². The maximum absolute atomic E-state index is 13.3. The highest BCUT2D eigenvalue weighted by atomic mass is 16.4. The number of carbonyl (C=O) groups is 5. The van der Waals surface area contributed by atoms with Crippen molar-refractivity contribution in [2.75, 3.05) is 13.1 Å². The Hall–Kier alpha value is -2.77. The number of carboxylic acid groups (broad SMARTS) is 1. The molecule has 0 radical (unpaired) electrons. The zero-order valence-corrected chi connectivity index (χ0v) is 24.3. The number of amides is 4. The van der Waals surface area contributed by atoms with Crippen molar-refractivity contribution in [2.24, 2.45) is 35.0 Å². The van der Waals surface area contributed by atoms with Crippen LogP contribution in [0.15, 0.2) is 0 Å². The summed E-state index contributed by atoms with van der Waals surface area (Å²) in [5.74, 6) is -3.81. The lowest BCUT2D eigenvalue weighted by Crippen LogP contribution is -2.59. The average molecular weight is 558 g/mol. The van der Waals surface area contributed by atoms with Crippen LogP contribution in [0, 0.1) is 17.8 Å². The third-order valence-corrected chi connectivity index (χ3v) is 6.36. The number of hydrogen-bond donors (Lipinski definition) is 8. The molecular weight excluding hydrogens is 506 g/mol. The summed E-state index contributed by atoms with van der Waals surface area (Å²) in [7, 11) is 0. The van der Waals surface area contributed by atoms with Crippen LogP contribution in [-0.2, 0) is 24.0 Å². The molecule has 0 aromatic carbocycles. The number of carboxylic acids is 1. The van der Waals surface area contributed by atoms with Gasteiger partial charge in [-0.1, -0.05) is 48.0 Å². The predicted octanol–water partition coefficient (Wildman–Crippen LogP) is -0.827. The Kier molecular flexibility index (Phi) is 17.2. The molecule has 0 saturated heterocycles. The molecule has 226 valence electrons. The van der Waals surface area contributed by atoms with E-state index >= 15 is 0 Å². The minimum Gasteiger partial charge on any atom is -0.480 e. The average Bonchev–Trinajstić information content (AvgIpc) is 2.84. The molecule has 0 heterocycles. The summed E-state index contributed by atoms with van der Waals surface area (Å²) in [6, 6.07) is -5.04. The number of nitrogens with two attached hydrogens (primary N) is 3. The molecule has 0 aliphatic carbocycles. The number of rotatable bonds is 19. The van der Waals surface area contributed by atoms with E-state index in [1.54, 1.807) is 6.92 Å². The van der Waals surface area contributed by atoms with Gasteiger partial charge in [0.15, 0.2) is 0 Å². The van der Waals surface area contributed by atoms with Gasteiger partial charge in [-0.3, -0.25) is 19.2 Å². The molecule has 0 aromatic rings. The van der Waals surface area contributed by atoms with Crippen LogP contribution in [0.5, 0.6) is 0 Å². The van der Waals surface area contributed by atoms with Gasteiger partial charge in [0.05, 0.1) is 6.04 Å². The molecule has 0 saturated carbocycles. The number of carbonyl (C=O) groups excluding carboxylic acids is 4. The fourth-order valence-corrected chi connectivity index (χ4v) is 3.91. The first-order valence-electron chi connectivity index (χ1n) is 13.8. The van der Waals surface area contributed by atoms with Crippen LogP contribution < -0.4 is 38.5 Å². The number of nitrogens with one attached hydrogen (secondary N) is 4. The van der Waals surface area contributed by atoms with Crippen molar-refractivity contribution >= 4 is 29.6 Å². The molecule has 0 rings (SSSR count). The molecule has 13 heteroatoms. The first kappa shape index (κ1) is 36.2. The van der Waals surface area contributed by atoms with Gasteiger partial charge in [0.25, 0.3) is 0 Å². The topological polar surface area (TPSA) is 232 Å². The van der Waals surface area contributed by atoms with Gasteiger partial charge in [0, 0.05) is 0 Å². The summed E-state index contributed by atoms with van der Waals surface area (Å²) in [6.07, 6.45) is 1.42. The lowest BCUT2D eigenvalue weighted by Gasteiger charge is -2.28. The van der Waals surface area contributed by atoms with Crippen LogP contribution in [0.1, 0.15) is 73.6 Å². The third kappa shape index (κ3) is 13.7. The smallest absolute Gasteiger partial charge is 0.326 e. The summed E-state index contributed by atoms with van der Waals surface area (Å²) in [4.78, 5) is 63.6. The first-order chi connectivity index (χ1) is 18.2. The van der Waals surface area contributed by atoms with Gasteiger partial charge >= 0.3 is 5.97 Å². The minimum absolute atomic E-state index is 0.000691. The van der Waals surface area contributed by atoms with E-state index in [-0.39, 0.29) is 50.1 Å². The number of hydrogen-bond acceptors (Lipinski definition) is 8. The van der Waals surface area contributed by atoms with E-state index in [9.17, 15) is 29.1 Å². The molecular formula is C26H51N7O6. The third-order valence-electron chi connectivity index (χ3n) is 6.36. The Bertz CT molecular complexity index is 808. The fourth-order valence-electron chi connectivity index (χ4n) is 3.91. The van der Waals surface area contributed by atoms with E-state index in [4.69, 9.17) is 17.2 Å². The molecule has 0 bridgehead atoms. The maximum atomic E-state index is 13.3. The Labute approximate surface area is 232 Å². The van der Waals surface area contributed by atoms with E-state index in [2.05, 4.69) is 21.3 Å². The quantitative estimate of drug-likeness (QED) is 0.0989. The summed E-state index contributed by atoms with van der Waals surface area (Å²) < 4.78 is 0. The lowest BCUT2D eigenvalue weighted by atomic mass is 9.98. The summed E-state index contributed by atoms with van der Waals surface area (Å²) in [5, 5.41) is 20.0. The fraction of sp³-hybridized carbons (Fsp3) is 0.808. The first-order valence-corrected chi connectivity index (χ1v) is 13.8. The molecule has 0 fully saturated rings. The highest BCUT2D eigenvalue weighted by Crippen LogP contribution is 2.11. The molecule has 0 aliphatic heterocycles. The second kappa shape index (κ2) is 18.5. The highest BCUT2D eigenvalue weighted by Gasteiger charge is 2.33. The predicted molar refractivity (Wildman–Crippen MR) is 149 cm³/mol. The van der Waals surface area contributed by atoms with Crippen molar-refractivity contribution in [3.8, 4) is 0 Å². The van der Waals surface area contributed by atoms with Gasteiger partial charge in [-0.15, -0.1) is 0 Å². The Balaban J connectivity index is 5.75. The van der Waals surface area contributed by atoms with Crippen LogP contribution in [0.25, 0.3) is 0 Å². The molecule has 0 spiro atoms. The zero-order chi connectivity index (χ0) is 30.3. The van der Waals surface area contributed by atoms with Gasteiger partial charge in [-0.05, 0) is 56.5 Å². The minimum atomic E-state index is -1.18.